The topological polar surface area (TPSA) is 99.4 Å². The monoisotopic (exact) mass is 366 g/mol. The maximum absolute atomic E-state index is 9.44. The van der Waals surface area contributed by atoms with Crippen molar-refractivity contribution in [3.8, 4) is 11.5 Å². The normalized spacial score (nSPS) is 13.3. The maximum atomic E-state index is 9.44. The number of benzene rings is 2. The first-order valence-corrected chi connectivity index (χ1v) is 8.65. The van der Waals surface area contributed by atoms with E-state index in [9.17, 15) is 10.2 Å². The molecule has 7 heteroatoms. The van der Waals surface area contributed by atoms with Gasteiger partial charge in [-0.3, -0.25) is 0 Å². The molecule has 0 aliphatic rings. The smallest absolute Gasteiger partial charge is 0.133 e. The van der Waals surface area contributed by atoms with Crippen molar-refractivity contribution >= 4 is 11.8 Å². The molecule has 0 bridgehead atoms. The van der Waals surface area contributed by atoms with Gasteiger partial charge in [0.25, 0.3) is 0 Å². The van der Waals surface area contributed by atoms with Gasteiger partial charge in [-0.05, 0) is 24.3 Å². The summed E-state index contributed by atoms with van der Waals surface area (Å²) in [7, 11) is 0. The van der Waals surface area contributed by atoms with Crippen molar-refractivity contribution < 1.29 is 29.9 Å². The van der Waals surface area contributed by atoms with E-state index in [0.717, 1.165) is 9.79 Å². The Morgan fingerprint density at radius 2 is 1.12 bits per heavy atom. The summed E-state index contributed by atoms with van der Waals surface area (Å²) in [5, 5.41) is 36.7. The Labute approximate surface area is 150 Å². The Morgan fingerprint density at radius 1 is 0.720 bits per heavy atom. The van der Waals surface area contributed by atoms with Crippen molar-refractivity contribution in [2.45, 2.75) is 22.0 Å². The fourth-order valence-corrected chi connectivity index (χ4v) is 2.89. The minimum Gasteiger partial charge on any atom is -0.490 e. The molecule has 2 aromatic carbocycles. The minimum atomic E-state index is -0.936. The van der Waals surface area contributed by atoms with E-state index < -0.39 is 12.2 Å². The van der Waals surface area contributed by atoms with Crippen LogP contribution in [0, 0.1) is 0 Å². The van der Waals surface area contributed by atoms with Crippen LogP contribution in [0.4, 0.5) is 0 Å². The van der Waals surface area contributed by atoms with Gasteiger partial charge in [0.2, 0.25) is 0 Å². The van der Waals surface area contributed by atoms with Crippen LogP contribution in [0.1, 0.15) is 0 Å². The van der Waals surface area contributed by atoms with E-state index >= 15 is 0 Å². The lowest BCUT2D eigenvalue weighted by molar-refractivity contribution is 0.0525. The SMILES string of the molecule is OCC(O)COc1ccccc1Sc1ccccc1OCC(O)CO. The maximum Gasteiger partial charge on any atom is 0.133 e. The highest BCUT2D eigenvalue weighted by Crippen LogP contribution is 2.39. The van der Waals surface area contributed by atoms with Crippen LogP contribution < -0.4 is 9.47 Å². The first kappa shape index (κ1) is 19.6. The van der Waals surface area contributed by atoms with Crippen LogP contribution in [0.2, 0.25) is 0 Å². The van der Waals surface area contributed by atoms with Gasteiger partial charge in [0, 0.05) is 0 Å². The first-order chi connectivity index (χ1) is 12.1. The molecule has 2 aromatic rings. The van der Waals surface area contributed by atoms with Gasteiger partial charge in [0.05, 0.1) is 23.0 Å². The van der Waals surface area contributed by atoms with E-state index in [1.165, 1.54) is 11.8 Å². The highest BCUT2D eigenvalue weighted by molar-refractivity contribution is 7.99. The molecule has 2 rings (SSSR count). The predicted octanol–water partition coefficient (Wildman–Crippen LogP) is 1.30. The average molecular weight is 366 g/mol. The summed E-state index contributed by atoms with van der Waals surface area (Å²) >= 11 is 1.42. The van der Waals surface area contributed by atoms with Gasteiger partial charge in [-0.2, -0.15) is 0 Å². The van der Waals surface area contributed by atoms with Gasteiger partial charge in [-0.1, -0.05) is 36.0 Å². The largest absolute Gasteiger partial charge is 0.490 e. The van der Waals surface area contributed by atoms with Crippen LogP contribution >= 0.6 is 11.8 Å². The van der Waals surface area contributed by atoms with Crippen molar-refractivity contribution in [3.63, 3.8) is 0 Å². The molecule has 6 nitrogen and oxygen atoms in total. The van der Waals surface area contributed by atoms with E-state index in [4.69, 9.17) is 19.7 Å². The van der Waals surface area contributed by atoms with E-state index in [2.05, 4.69) is 0 Å². The number of aliphatic hydroxyl groups is 4. The van der Waals surface area contributed by atoms with Crippen LogP contribution in [-0.2, 0) is 0 Å². The lowest BCUT2D eigenvalue weighted by Gasteiger charge is -2.16. The zero-order chi connectivity index (χ0) is 18.1. The Kier molecular flexibility index (Phi) is 8.03. The summed E-state index contributed by atoms with van der Waals surface area (Å²) < 4.78 is 11.1. The summed E-state index contributed by atoms with van der Waals surface area (Å²) in [5.41, 5.74) is 0. The van der Waals surface area contributed by atoms with Gasteiger partial charge in [-0.25, -0.2) is 0 Å². The van der Waals surface area contributed by atoms with Gasteiger partial charge < -0.3 is 29.9 Å². The van der Waals surface area contributed by atoms with Gasteiger partial charge in [-0.15, -0.1) is 0 Å². The predicted molar refractivity (Wildman–Crippen MR) is 94.2 cm³/mol. The molecule has 0 saturated heterocycles. The second-order valence-corrected chi connectivity index (χ2v) is 6.37. The molecule has 0 aromatic heterocycles. The Morgan fingerprint density at radius 3 is 1.52 bits per heavy atom. The lowest BCUT2D eigenvalue weighted by atomic mass is 10.3. The zero-order valence-corrected chi connectivity index (χ0v) is 14.4. The van der Waals surface area contributed by atoms with Gasteiger partial charge >= 0.3 is 0 Å². The fraction of sp³-hybridized carbons (Fsp3) is 0.333. The summed E-state index contributed by atoms with van der Waals surface area (Å²) in [6.07, 6.45) is -1.87. The molecule has 0 aliphatic heterocycles. The number of aliphatic hydroxyl groups excluding tert-OH is 4. The van der Waals surface area contributed by atoms with Crippen molar-refractivity contribution in [2.24, 2.45) is 0 Å². The molecule has 0 fully saturated rings. The third-order valence-electron chi connectivity index (χ3n) is 3.20. The lowest BCUT2D eigenvalue weighted by Crippen LogP contribution is -2.21. The number of hydrogen-bond donors (Lipinski definition) is 4. The van der Waals surface area contributed by atoms with E-state index in [0.29, 0.717) is 11.5 Å². The highest BCUT2D eigenvalue weighted by Gasteiger charge is 2.12. The first-order valence-electron chi connectivity index (χ1n) is 7.83. The molecule has 0 aliphatic carbocycles. The van der Waals surface area contributed by atoms with Crippen LogP contribution in [0.5, 0.6) is 11.5 Å². The highest BCUT2D eigenvalue weighted by atomic mass is 32.2. The zero-order valence-electron chi connectivity index (χ0n) is 13.6. The number of para-hydroxylation sites is 2. The standard InChI is InChI=1S/C18H22O6S/c19-9-13(21)11-23-15-5-1-3-7-17(15)25-18-8-4-2-6-16(18)24-12-14(22)10-20/h1-8,13-14,19-22H,9-12H2. The Hall–Kier alpha value is -1.77. The van der Waals surface area contributed by atoms with Crippen molar-refractivity contribution in [2.75, 3.05) is 26.4 Å². The molecule has 0 heterocycles. The second-order valence-electron chi connectivity index (χ2n) is 5.29. The molecule has 25 heavy (non-hydrogen) atoms. The van der Waals surface area contributed by atoms with E-state index in [-0.39, 0.29) is 26.4 Å². The number of rotatable bonds is 10. The Bertz CT molecular complexity index is 595. The molecule has 2 atom stereocenters. The fourth-order valence-electron chi connectivity index (χ4n) is 1.90. The van der Waals surface area contributed by atoms with Crippen LogP contribution in [0.15, 0.2) is 58.3 Å². The van der Waals surface area contributed by atoms with Gasteiger partial charge in [0.15, 0.2) is 0 Å². The molecule has 0 radical (unpaired) electrons. The van der Waals surface area contributed by atoms with Crippen LogP contribution in [-0.4, -0.2) is 59.1 Å². The molecular weight excluding hydrogens is 344 g/mol. The van der Waals surface area contributed by atoms with Crippen LogP contribution in [0.3, 0.4) is 0 Å². The summed E-state index contributed by atoms with van der Waals surface area (Å²) in [6, 6.07) is 14.7. The van der Waals surface area contributed by atoms with E-state index in [1.54, 1.807) is 12.1 Å². The van der Waals surface area contributed by atoms with Gasteiger partial charge in [0.1, 0.15) is 36.9 Å². The third kappa shape index (κ3) is 6.22. The van der Waals surface area contributed by atoms with Crippen LogP contribution in [0.25, 0.3) is 0 Å². The average Bonchev–Trinajstić information content (AvgIpc) is 2.66. The molecule has 0 amide bonds. The summed E-state index contributed by atoms with van der Waals surface area (Å²) in [4.78, 5) is 1.65. The molecule has 136 valence electrons. The minimum absolute atomic E-state index is 0.00505. The van der Waals surface area contributed by atoms with E-state index in [1.807, 2.05) is 36.4 Å². The van der Waals surface area contributed by atoms with Crippen molar-refractivity contribution in [1.82, 2.24) is 0 Å². The number of hydrogen-bond acceptors (Lipinski definition) is 7. The molecule has 4 N–H and O–H groups in total. The number of ether oxygens (including phenoxy) is 2. The third-order valence-corrected chi connectivity index (χ3v) is 4.32. The van der Waals surface area contributed by atoms with Crippen molar-refractivity contribution in [3.05, 3.63) is 48.5 Å². The second kappa shape index (κ2) is 10.3. The van der Waals surface area contributed by atoms with Crippen molar-refractivity contribution in [1.29, 1.82) is 0 Å². The molecule has 0 spiro atoms. The quantitative estimate of drug-likeness (QED) is 0.503. The summed E-state index contributed by atoms with van der Waals surface area (Å²) in [5.74, 6) is 1.18. The molecular formula is C18H22O6S. The molecule has 0 saturated carbocycles. The summed E-state index contributed by atoms with van der Waals surface area (Å²) in [6.45, 7) is -0.734. The molecule has 2 unspecified atom stereocenters. The Balaban J connectivity index is 2.11.